The number of hydrogen-bond acceptors (Lipinski definition) is 20. The molecule has 0 radical (unpaired) electrons. The van der Waals surface area contributed by atoms with Gasteiger partial charge in [-0.1, -0.05) is 141 Å². The first-order valence-corrected chi connectivity index (χ1v) is 54.7. The molecule has 0 amide bonds. The van der Waals surface area contributed by atoms with Gasteiger partial charge >= 0.3 is 51.3 Å². The van der Waals surface area contributed by atoms with Crippen molar-refractivity contribution < 1.29 is 155 Å². The summed E-state index contributed by atoms with van der Waals surface area (Å²) < 4.78 is 351. The Bertz CT molecular complexity index is 6340. The maximum absolute atomic E-state index is 13.2. The highest BCUT2D eigenvalue weighted by Gasteiger charge is 2.61. The number of esters is 3. The lowest BCUT2D eigenvalue weighted by atomic mass is 9.98. The zero-order valence-electron chi connectivity index (χ0n) is 73.9. The summed E-state index contributed by atoms with van der Waals surface area (Å²) >= 11 is 1.91. The van der Waals surface area contributed by atoms with Crippen molar-refractivity contribution in [3.63, 3.8) is 0 Å². The Kier molecular flexibility index (Phi) is 42.3. The van der Waals surface area contributed by atoms with E-state index in [1.54, 1.807) is 15.9 Å². The standard InChI is InChI=1S/C18H13S.C14H11S.C13H16NS.C12H11F5O5S.C12H13S2.C10H17F3O4S.C7H9F5O5S.C7H11F3O5S/c1-2-8-14(9-3-1)19-17-12-6-4-10-15(17)16-11-5-7-13-18(16)19;1-2-7-13(8-3-1)15-11-10-12-6-4-5-9-14(12)15;1-14-10-13(15-8-4-5-9-15)11-6-2-3-7-12(11)14;13-11(14,15)9(12(16,17)23(19,20)21)6-7-22-10(18)8-4-2-1-3-5-8;1-2-6-11-10(5-1)12(9-13-11)14-7-3-4-8-14;11-9(10(12,13)18(14,15)16)6-7-17-8-4-2-1-3-5-8;1-4(13)17-3-2-5(6(8,9)10)7(11,12)18(14,15)16;1-2-6(11)15-4-3-5(8)7(9,10)16(12,13)14/h1-13H;1-11H;2-3,6-7,10H,4-5,8-9H2,1H3;1-5,9H,6-7H2,(H,19,20,21);1-2,5-6,9H,3-4,7-8H2;8-9H,1-7H2,(H,14,15,16);5H,2-3H2,1H3,(H,14,15,16);5H,2-4H2,1H3,(H,12,13,14)/q3*+1;;+1;;;/p-4. The zero-order chi connectivity index (χ0) is 102. The van der Waals surface area contributed by atoms with E-state index in [4.69, 9.17) is 4.74 Å². The summed E-state index contributed by atoms with van der Waals surface area (Å²) in [6, 6.07) is 74.5. The maximum Gasteiger partial charge on any atom is 0.398 e. The molecule has 12 aromatic rings. The van der Waals surface area contributed by atoms with E-state index in [0.29, 0.717) is 21.8 Å². The molecule has 20 nitrogen and oxygen atoms in total. The smallest absolute Gasteiger partial charge is 0.398 e. The van der Waals surface area contributed by atoms with Crippen LogP contribution in [0.2, 0.25) is 0 Å². The molecule has 8 aromatic carbocycles. The number of alkyl halides is 16. The molecule has 4 aromatic heterocycles. The zero-order valence-corrected chi connectivity index (χ0v) is 81.2. The predicted molar refractivity (Wildman–Crippen MR) is 500 cm³/mol. The number of ether oxygens (including phenoxy) is 4. The lowest BCUT2D eigenvalue weighted by Crippen LogP contribution is -2.45. The van der Waals surface area contributed by atoms with Gasteiger partial charge in [0.2, 0.25) is 0 Å². The predicted octanol–water partition coefficient (Wildman–Crippen LogP) is 23.7. The number of nitrogens with zero attached hydrogens (tertiary/aromatic N) is 1. The molecule has 138 heavy (non-hydrogen) atoms. The summed E-state index contributed by atoms with van der Waals surface area (Å²) in [6.07, 6.45) is -9.85. The molecule has 0 N–H and O–H groups in total. The van der Waals surface area contributed by atoms with Crippen molar-refractivity contribution in [2.45, 2.75) is 165 Å². The number of para-hydroxylation sites is 1. The Hall–Kier alpha value is -8.97. The van der Waals surface area contributed by atoms with Crippen molar-refractivity contribution in [1.29, 1.82) is 0 Å². The van der Waals surface area contributed by atoms with E-state index in [1.165, 1.54) is 141 Å². The summed E-state index contributed by atoms with van der Waals surface area (Å²) in [5.74, 6) is -4.65. The fraction of sp³-hybridized carbons (Fsp3) is 0.387. The van der Waals surface area contributed by atoms with E-state index in [1.807, 2.05) is 11.3 Å². The van der Waals surface area contributed by atoms with Crippen LogP contribution in [-0.2, 0) is 97.8 Å². The molecule has 5 unspecified atom stereocenters. The van der Waals surface area contributed by atoms with Gasteiger partial charge in [0.05, 0.1) is 48.6 Å². The molecule has 0 bridgehead atoms. The van der Waals surface area contributed by atoms with Crippen molar-refractivity contribution in [3.8, 4) is 9.79 Å². The fourth-order valence-electron chi connectivity index (χ4n) is 14.2. The fourth-order valence-corrected chi connectivity index (χ4v) is 26.9. The van der Waals surface area contributed by atoms with E-state index in [0.717, 1.165) is 39.0 Å². The molecular weight excluding hydrogens is 2030 g/mol. The van der Waals surface area contributed by atoms with Crippen molar-refractivity contribution in [1.82, 2.24) is 4.57 Å². The van der Waals surface area contributed by atoms with Crippen LogP contribution in [0.5, 0.6) is 0 Å². The minimum absolute atomic E-state index is 0.0206. The first-order valence-electron chi connectivity index (χ1n) is 42.5. The molecule has 2 saturated heterocycles. The topological polar surface area (TPSA) is 322 Å². The number of aryl methyl sites for hydroxylation is 1. The van der Waals surface area contributed by atoms with Gasteiger partial charge < -0.3 is 41.7 Å². The highest BCUT2D eigenvalue weighted by molar-refractivity contribution is 7.97. The SMILES string of the molecule is CC(=O)OCCC(C(F)(F)F)C(F)(F)S(=O)(=O)[O-].CCC(=O)OCCC(F)C(F)(F)S(=O)(=O)[O-].Cn1cc([S+]2CCCC2)c2ccccc21.O=C(OCCC(C(F)(F)F)C(F)(F)S(=O)(=O)[O-])c1ccccc1.O=S(=O)([O-])C(F)(F)C(F)CCOC1CCCCC1.c1ccc(-[s+]2c3ccccc3c3ccccc32)cc1.c1ccc(-[s+]2ccc3ccccc32)cc1.c1ccc2c([S+]3CCCC3)csc2c1. The van der Waals surface area contributed by atoms with Crippen LogP contribution in [0, 0.1) is 11.8 Å². The summed E-state index contributed by atoms with van der Waals surface area (Å²) in [4.78, 5) is 38.3. The number of benzene rings is 8. The van der Waals surface area contributed by atoms with Gasteiger partial charge in [-0.05, 0) is 148 Å². The third-order valence-corrected chi connectivity index (χ3v) is 35.5. The van der Waals surface area contributed by atoms with Gasteiger partial charge in [-0.15, -0.1) is 11.3 Å². The molecule has 754 valence electrons. The highest BCUT2D eigenvalue weighted by Crippen LogP contribution is 2.50. The van der Waals surface area contributed by atoms with Gasteiger partial charge in [0.15, 0.2) is 86.5 Å². The lowest BCUT2D eigenvalue weighted by molar-refractivity contribution is -0.223. The van der Waals surface area contributed by atoms with Crippen molar-refractivity contribution >= 4 is 164 Å². The van der Waals surface area contributed by atoms with E-state index in [2.05, 4.69) is 231 Å². The molecule has 3 aliphatic rings. The molecule has 6 heterocycles. The first kappa shape index (κ1) is 114. The van der Waals surface area contributed by atoms with Crippen LogP contribution in [0.4, 0.5) is 70.2 Å². The third kappa shape index (κ3) is 31.8. The summed E-state index contributed by atoms with van der Waals surface area (Å²) in [7, 11) is -21.6. The van der Waals surface area contributed by atoms with Gasteiger partial charge in [0, 0.05) is 120 Å². The van der Waals surface area contributed by atoms with Gasteiger partial charge in [0.25, 0.3) is 0 Å². The van der Waals surface area contributed by atoms with E-state index >= 15 is 0 Å². The number of thiophene rings is 3. The van der Waals surface area contributed by atoms with E-state index < -0.39 is 161 Å². The van der Waals surface area contributed by atoms with Gasteiger partial charge in [-0.25, -0.2) is 47.2 Å². The minimum atomic E-state index is -6.53. The Morgan fingerprint density at radius 3 is 1.30 bits per heavy atom. The van der Waals surface area contributed by atoms with E-state index in [-0.39, 0.29) is 45.6 Å². The minimum Gasteiger partial charge on any atom is -0.743 e. The second-order valence-corrected chi connectivity index (χ2v) is 46.0. The molecule has 15 rings (SSSR count). The summed E-state index contributed by atoms with van der Waals surface area (Å²) in [5, 5.41) is -9.14. The van der Waals surface area contributed by atoms with Gasteiger partial charge in [0.1, 0.15) is 40.2 Å². The van der Waals surface area contributed by atoms with Crippen LogP contribution in [0.3, 0.4) is 0 Å². The largest absolute Gasteiger partial charge is 0.743 e. The second-order valence-electron chi connectivity index (χ2n) is 30.9. The van der Waals surface area contributed by atoms with Crippen LogP contribution in [0.1, 0.15) is 114 Å². The maximum atomic E-state index is 13.2. The Morgan fingerprint density at radius 2 is 0.833 bits per heavy atom. The van der Waals surface area contributed by atoms with Crippen molar-refractivity contribution in [2.75, 3.05) is 49.4 Å². The molecule has 2 aliphatic heterocycles. The number of carbonyl (C=O) groups is 3. The number of rotatable bonds is 27. The monoisotopic (exact) mass is 2120 g/mol. The molecule has 5 atom stereocenters. The van der Waals surface area contributed by atoms with E-state index in [9.17, 15) is 137 Å². The van der Waals surface area contributed by atoms with Crippen LogP contribution < -0.4 is 0 Å². The first-order chi connectivity index (χ1) is 64.8. The number of carbonyl (C=O) groups excluding carboxylic acids is 3. The summed E-state index contributed by atoms with van der Waals surface area (Å²) in [6.45, 7) is -0.972. The van der Waals surface area contributed by atoms with Crippen LogP contribution in [-0.4, -0.2) is 176 Å². The normalized spacial score (nSPS) is 15.4. The molecule has 1 aliphatic carbocycles. The van der Waals surface area contributed by atoms with Gasteiger partial charge in [-0.3, -0.25) is 9.59 Å². The Labute approximate surface area is 802 Å². The number of halogens is 16. The summed E-state index contributed by atoms with van der Waals surface area (Å²) in [5.41, 5.74) is 1.35. The Balaban J connectivity index is 0.000000194. The van der Waals surface area contributed by atoms with Crippen molar-refractivity contribution in [3.05, 3.63) is 241 Å². The number of hydrogen-bond donors (Lipinski definition) is 0. The number of aromatic nitrogens is 1. The average Bonchev–Trinajstić information content (AvgIpc) is 1.58. The quantitative estimate of drug-likeness (QED) is 0.0152. The molecule has 45 heteroatoms. The lowest BCUT2D eigenvalue weighted by Gasteiger charge is -2.30. The third-order valence-electron chi connectivity index (χ3n) is 21.2. The molecule has 0 spiro atoms. The second kappa shape index (κ2) is 51.1. The van der Waals surface area contributed by atoms with Crippen LogP contribution in [0.25, 0.3) is 61.0 Å². The van der Waals surface area contributed by atoms with Gasteiger partial charge in [-0.2, -0.15) is 61.5 Å². The molecule has 1 saturated carbocycles. The highest BCUT2D eigenvalue weighted by atomic mass is 32.2. The molecule has 3 fully saturated rings. The van der Waals surface area contributed by atoms with Crippen molar-refractivity contribution in [2.24, 2.45) is 18.9 Å². The average molecular weight is 2130 g/mol. The van der Waals surface area contributed by atoms with Crippen LogP contribution >= 0.6 is 32.3 Å². The molecular formula is C93H97F16NO19S9. The number of fused-ring (bicyclic) bond motifs is 6. The van der Waals surface area contributed by atoms with Crippen LogP contribution in [0.15, 0.2) is 245 Å². The Morgan fingerprint density at radius 1 is 0.435 bits per heavy atom.